The van der Waals surface area contributed by atoms with Crippen LogP contribution in [0.25, 0.3) is 0 Å². The molecule has 31 heavy (non-hydrogen) atoms. The molecule has 3 N–H and O–H groups in total. The van der Waals surface area contributed by atoms with E-state index in [2.05, 4.69) is 33.0 Å². The van der Waals surface area contributed by atoms with Gasteiger partial charge in [0.05, 0.1) is 38.4 Å². The summed E-state index contributed by atoms with van der Waals surface area (Å²) in [5.41, 5.74) is 5.43. The van der Waals surface area contributed by atoms with Crippen molar-refractivity contribution >= 4 is 5.91 Å². The lowest BCUT2D eigenvalue weighted by atomic mass is 9.79. The molecule has 0 heterocycles. The summed E-state index contributed by atoms with van der Waals surface area (Å²) in [5, 5.41) is 3.02. The van der Waals surface area contributed by atoms with Gasteiger partial charge in [-0.2, -0.15) is 0 Å². The average molecular weight is 449 g/mol. The highest BCUT2D eigenvalue weighted by Crippen LogP contribution is 2.29. The lowest BCUT2D eigenvalue weighted by Crippen LogP contribution is -2.59. The van der Waals surface area contributed by atoms with Crippen molar-refractivity contribution in [3.05, 3.63) is 0 Å². The lowest BCUT2D eigenvalue weighted by molar-refractivity contribution is -0.131. The van der Waals surface area contributed by atoms with Gasteiger partial charge in [0.2, 0.25) is 5.91 Å². The molecule has 0 spiro atoms. The lowest BCUT2D eigenvalue weighted by Gasteiger charge is -2.35. The van der Waals surface area contributed by atoms with E-state index in [0.29, 0.717) is 12.5 Å². The summed E-state index contributed by atoms with van der Waals surface area (Å²) >= 11 is 0. The van der Waals surface area contributed by atoms with E-state index in [1.807, 2.05) is 41.5 Å². The summed E-state index contributed by atoms with van der Waals surface area (Å²) in [4.78, 5) is 12.7. The molecule has 0 saturated carbocycles. The van der Waals surface area contributed by atoms with Crippen LogP contribution in [0.3, 0.4) is 0 Å². The molecule has 0 fully saturated rings. The molecule has 0 bridgehead atoms. The first-order valence-corrected chi connectivity index (χ1v) is 11.7. The fourth-order valence-corrected chi connectivity index (χ4v) is 2.51. The maximum absolute atomic E-state index is 12.7. The molecule has 0 aromatic heterocycles. The minimum absolute atomic E-state index is 0.0251. The minimum Gasteiger partial charge on any atom is -0.382 e. The third-order valence-electron chi connectivity index (χ3n) is 5.24. The first-order chi connectivity index (χ1) is 14.3. The molecule has 0 aliphatic heterocycles. The summed E-state index contributed by atoms with van der Waals surface area (Å²) in [6.07, 6.45) is 0.346. The summed E-state index contributed by atoms with van der Waals surface area (Å²) < 4.78 is 22.6. The predicted molar refractivity (Wildman–Crippen MR) is 128 cm³/mol. The molecule has 1 unspecified atom stereocenters. The Balaban J connectivity index is 0. The van der Waals surface area contributed by atoms with Gasteiger partial charge in [0.15, 0.2) is 0 Å². The van der Waals surface area contributed by atoms with Crippen LogP contribution < -0.4 is 11.1 Å². The first kappa shape index (κ1) is 32.4. The Kier molecular flexibility index (Phi) is 17.6. The van der Waals surface area contributed by atoms with Crippen molar-refractivity contribution in [2.75, 3.05) is 33.5 Å². The number of hydrogen-bond donors (Lipinski definition) is 2. The molecule has 0 aromatic rings. The molecule has 1 amide bonds. The Morgan fingerprint density at radius 1 is 0.903 bits per heavy atom. The van der Waals surface area contributed by atoms with Crippen molar-refractivity contribution in [3.63, 3.8) is 0 Å². The number of amides is 1. The smallest absolute Gasteiger partial charge is 0.224 e. The van der Waals surface area contributed by atoms with E-state index in [0.717, 1.165) is 6.42 Å². The van der Waals surface area contributed by atoms with E-state index in [4.69, 9.17) is 24.7 Å². The van der Waals surface area contributed by atoms with Crippen molar-refractivity contribution in [2.45, 2.75) is 106 Å². The second-order valence-corrected chi connectivity index (χ2v) is 9.49. The maximum Gasteiger partial charge on any atom is 0.224 e. The van der Waals surface area contributed by atoms with Gasteiger partial charge >= 0.3 is 0 Å². The van der Waals surface area contributed by atoms with E-state index in [1.165, 1.54) is 0 Å². The molecule has 0 saturated heterocycles. The number of nitrogens with one attached hydrogen (secondary N) is 1. The summed E-state index contributed by atoms with van der Waals surface area (Å²) in [5.74, 6) is 0.333. The van der Waals surface area contributed by atoms with Gasteiger partial charge < -0.3 is 30.0 Å². The molecule has 0 aromatic carbocycles. The van der Waals surface area contributed by atoms with Gasteiger partial charge in [-0.3, -0.25) is 4.79 Å². The molecule has 0 aliphatic carbocycles. The Labute approximate surface area is 192 Å². The van der Waals surface area contributed by atoms with Crippen molar-refractivity contribution in [1.29, 1.82) is 0 Å². The number of nitrogens with two attached hydrogens (primary N) is 1. The number of ether oxygens (including phenoxy) is 4. The summed E-state index contributed by atoms with van der Waals surface area (Å²) in [6.45, 7) is 22.0. The molecule has 0 rings (SSSR count). The third kappa shape index (κ3) is 15.7. The highest BCUT2D eigenvalue weighted by molar-refractivity contribution is 5.77. The fourth-order valence-electron chi connectivity index (χ4n) is 2.51. The Bertz CT molecular complexity index is 441. The van der Waals surface area contributed by atoms with Crippen molar-refractivity contribution in [3.8, 4) is 0 Å². The van der Waals surface area contributed by atoms with Crippen LogP contribution in [0.15, 0.2) is 0 Å². The topological polar surface area (TPSA) is 92.0 Å². The van der Waals surface area contributed by atoms with Crippen molar-refractivity contribution in [1.82, 2.24) is 5.32 Å². The van der Waals surface area contributed by atoms with E-state index < -0.39 is 11.8 Å². The van der Waals surface area contributed by atoms with Gasteiger partial charge in [-0.15, -0.1) is 0 Å². The first-order valence-electron chi connectivity index (χ1n) is 11.7. The second-order valence-electron chi connectivity index (χ2n) is 9.49. The van der Waals surface area contributed by atoms with Gasteiger partial charge in [-0.05, 0) is 45.4 Å². The molecule has 0 radical (unpaired) electrons. The summed E-state index contributed by atoms with van der Waals surface area (Å²) in [6, 6.07) is 0. The molecule has 1 atom stereocenters. The average Bonchev–Trinajstić information content (AvgIpc) is 2.66. The summed E-state index contributed by atoms with van der Waals surface area (Å²) in [7, 11) is 1.59. The zero-order valence-electron chi connectivity index (χ0n) is 22.2. The van der Waals surface area contributed by atoms with Crippen LogP contribution in [-0.2, 0) is 23.7 Å². The van der Waals surface area contributed by atoms with Gasteiger partial charge in [0.1, 0.15) is 11.8 Å². The monoisotopic (exact) mass is 448 g/mol. The van der Waals surface area contributed by atoms with Gasteiger partial charge in [0, 0.05) is 13.7 Å². The van der Waals surface area contributed by atoms with Crippen LogP contribution in [0.2, 0.25) is 0 Å². The van der Waals surface area contributed by atoms with Crippen LogP contribution in [0, 0.1) is 11.3 Å². The van der Waals surface area contributed by atoms with Crippen LogP contribution in [-0.4, -0.2) is 63.4 Å². The Morgan fingerprint density at radius 2 is 1.39 bits per heavy atom. The van der Waals surface area contributed by atoms with E-state index >= 15 is 0 Å². The molecule has 0 aliphatic rings. The second kappa shape index (κ2) is 16.8. The van der Waals surface area contributed by atoms with Crippen LogP contribution in [0.1, 0.15) is 82.1 Å². The number of carbonyl (C=O) groups excluding carboxylic acids is 1. The maximum atomic E-state index is 12.7. The Morgan fingerprint density at radius 3 is 1.77 bits per heavy atom. The van der Waals surface area contributed by atoms with E-state index in [9.17, 15) is 4.79 Å². The van der Waals surface area contributed by atoms with Crippen molar-refractivity contribution in [2.24, 2.45) is 17.1 Å². The van der Waals surface area contributed by atoms with Crippen LogP contribution in [0.4, 0.5) is 0 Å². The van der Waals surface area contributed by atoms with Gasteiger partial charge in [-0.25, -0.2) is 0 Å². The SMILES string of the molecule is CC.COCC(COC(C)C)(COC(C)C)NC(=O)CC(N)OCCC(C)(C)C(C)C. The van der Waals surface area contributed by atoms with Crippen molar-refractivity contribution < 1.29 is 23.7 Å². The number of hydrogen-bond acceptors (Lipinski definition) is 6. The molecular formula is C24H52N2O5. The molecule has 7 nitrogen and oxygen atoms in total. The zero-order valence-corrected chi connectivity index (χ0v) is 22.2. The third-order valence-corrected chi connectivity index (χ3v) is 5.24. The van der Waals surface area contributed by atoms with Crippen LogP contribution >= 0.6 is 0 Å². The standard InChI is InChI=1S/C22H46N2O5.C2H6/c1-16(2)21(7,8)10-11-27-19(23)12-20(25)24-22(13-26-9,14-28-17(3)4)15-29-18(5)6;1-2/h16-19H,10-15,23H2,1-9H3,(H,24,25);1-2H3. The zero-order chi connectivity index (χ0) is 24.7. The fraction of sp³-hybridized carbons (Fsp3) is 0.958. The van der Waals surface area contributed by atoms with Crippen LogP contribution in [0.5, 0.6) is 0 Å². The molecule has 188 valence electrons. The molecular weight excluding hydrogens is 396 g/mol. The van der Waals surface area contributed by atoms with Gasteiger partial charge in [-0.1, -0.05) is 41.5 Å². The number of carbonyl (C=O) groups is 1. The highest BCUT2D eigenvalue weighted by atomic mass is 16.5. The number of methoxy groups -OCH3 is 1. The normalized spacial score (nSPS) is 13.4. The highest BCUT2D eigenvalue weighted by Gasteiger charge is 2.34. The number of rotatable bonds is 16. The molecule has 7 heteroatoms. The van der Waals surface area contributed by atoms with E-state index in [-0.39, 0.29) is 49.8 Å². The predicted octanol–water partition coefficient (Wildman–Crippen LogP) is 4.13. The largest absolute Gasteiger partial charge is 0.382 e. The van der Waals surface area contributed by atoms with E-state index in [1.54, 1.807) is 7.11 Å². The Hall–Kier alpha value is -0.730. The quantitative estimate of drug-likeness (QED) is 0.345. The minimum atomic E-state index is -0.778. The van der Waals surface area contributed by atoms with Gasteiger partial charge in [0.25, 0.3) is 0 Å².